The number of nitrogens with one attached hydrogen (secondary N) is 2. The lowest BCUT2D eigenvalue weighted by molar-refractivity contribution is -0.383. The quantitative estimate of drug-likeness (QED) is 0.368. The number of para-hydroxylation sites is 2. The smallest absolute Gasteiger partial charge is 0.313 e. The predicted octanol–water partition coefficient (Wildman–Crippen LogP) is 3.32. The van der Waals surface area contributed by atoms with Crippen LogP contribution in [0, 0.1) is 17.0 Å². The van der Waals surface area contributed by atoms with Gasteiger partial charge >= 0.3 is 11.8 Å². The van der Waals surface area contributed by atoms with E-state index >= 15 is 0 Å². The first-order valence-corrected chi connectivity index (χ1v) is 9.61. The SMILES string of the molecule is Cc1nc(-c2ccccc2)sc1CCNC(=O)C(=O)Nc1ccccc1[N+](=O)[O-]. The van der Waals surface area contributed by atoms with Gasteiger partial charge in [0.1, 0.15) is 10.7 Å². The van der Waals surface area contributed by atoms with Crippen molar-refractivity contribution in [2.45, 2.75) is 13.3 Å². The molecule has 8 nitrogen and oxygen atoms in total. The molecular formula is C20H18N4O4S. The van der Waals surface area contributed by atoms with Gasteiger partial charge in [0.05, 0.1) is 10.6 Å². The number of carbonyl (C=O) groups excluding carboxylic acids is 2. The highest BCUT2D eigenvalue weighted by Gasteiger charge is 2.19. The number of nitro groups is 1. The largest absolute Gasteiger partial charge is 0.347 e. The van der Waals surface area contributed by atoms with Crippen LogP contribution in [0.3, 0.4) is 0 Å². The lowest BCUT2D eigenvalue weighted by Crippen LogP contribution is -2.36. The number of carbonyl (C=O) groups is 2. The summed E-state index contributed by atoms with van der Waals surface area (Å²) in [6, 6.07) is 15.4. The topological polar surface area (TPSA) is 114 Å². The number of amides is 2. The van der Waals surface area contributed by atoms with E-state index in [1.807, 2.05) is 37.3 Å². The second-order valence-corrected chi connectivity index (χ2v) is 7.21. The van der Waals surface area contributed by atoms with Gasteiger partial charge in [-0.1, -0.05) is 42.5 Å². The minimum Gasteiger partial charge on any atom is -0.347 e. The Morgan fingerprint density at radius 3 is 2.48 bits per heavy atom. The second-order valence-electron chi connectivity index (χ2n) is 6.13. The first-order chi connectivity index (χ1) is 14.0. The van der Waals surface area contributed by atoms with Crippen molar-refractivity contribution >= 4 is 34.5 Å². The van der Waals surface area contributed by atoms with E-state index in [4.69, 9.17) is 0 Å². The number of aromatic nitrogens is 1. The van der Waals surface area contributed by atoms with Crippen molar-refractivity contribution in [3.05, 3.63) is 75.3 Å². The van der Waals surface area contributed by atoms with Crippen LogP contribution in [-0.4, -0.2) is 28.3 Å². The molecule has 0 saturated carbocycles. The summed E-state index contributed by atoms with van der Waals surface area (Å²) >= 11 is 1.54. The summed E-state index contributed by atoms with van der Waals surface area (Å²) < 4.78 is 0. The zero-order chi connectivity index (χ0) is 20.8. The molecule has 29 heavy (non-hydrogen) atoms. The minimum atomic E-state index is -0.953. The Morgan fingerprint density at radius 2 is 1.76 bits per heavy atom. The Balaban J connectivity index is 1.56. The van der Waals surface area contributed by atoms with Gasteiger partial charge in [0, 0.05) is 29.5 Å². The van der Waals surface area contributed by atoms with Crippen LogP contribution in [0.15, 0.2) is 54.6 Å². The summed E-state index contributed by atoms with van der Waals surface area (Å²) in [5.74, 6) is -1.81. The third-order valence-corrected chi connectivity index (χ3v) is 5.37. The van der Waals surface area contributed by atoms with Crippen LogP contribution in [0.4, 0.5) is 11.4 Å². The van der Waals surface area contributed by atoms with Gasteiger partial charge in [0.2, 0.25) is 0 Å². The third-order valence-electron chi connectivity index (χ3n) is 4.11. The molecule has 3 aromatic rings. The van der Waals surface area contributed by atoms with Gasteiger partial charge < -0.3 is 10.6 Å². The van der Waals surface area contributed by atoms with Crippen molar-refractivity contribution in [1.29, 1.82) is 0 Å². The molecule has 0 spiro atoms. The van der Waals surface area contributed by atoms with Crippen molar-refractivity contribution in [3.63, 3.8) is 0 Å². The van der Waals surface area contributed by atoms with Crippen molar-refractivity contribution in [1.82, 2.24) is 10.3 Å². The van der Waals surface area contributed by atoms with Crippen molar-refractivity contribution < 1.29 is 14.5 Å². The number of benzene rings is 2. The number of rotatable bonds is 6. The molecule has 9 heteroatoms. The van der Waals surface area contributed by atoms with Gasteiger partial charge in [-0.3, -0.25) is 19.7 Å². The Morgan fingerprint density at radius 1 is 1.07 bits per heavy atom. The van der Waals surface area contributed by atoms with E-state index in [9.17, 15) is 19.7 Å². The van der Waals surface area contributed by atoms with Crippen LogP contribution in [0.2, 0.25) is 0 Å². The van der Waals surface area contributed by atoms with Gasteiger partial charge in [-0.25, -0.2) is 4.98 Å². The van der Waals surface area contributed by atoms with Crippen LogP contribution in [0.5, 0.6) is 0 Å². The molecule has 0 bridgehead atoms. The Labute approximate surface area is 170 Å². The molecule has 1 heterocycles. The van der Waals surface area contributed by atoms with Gasteiger partial charge in [-0.15, -0.1) is 11.3 Å². The predicted molar refractivity (Wildman–Crippen MR) is 111 cm³/mol. The van der Waals surface area contributed by atoms with Crippen LogP contribution >= 0.6 is 11.3 Å². The maximum atomic E-state index is 12.0. The van der Waals surface area contributed by atoms with Gasteiger partial charge in [-0.2, -0.15) is 0 Å². The zero-order valence-electron chi connectivity index (χ0n) is 15.5. The lowest BCUT2D eigenvalue weighted by atomic mass is 10.2. The Kier molecular flexibility index (Phi) is 6.30. The maximum Gasteiger partial charge on any atom is 0.313 e. The van der Waals surface area contributed by atoms with E-state index in [2.05, 4.69) is 15.6 Å². The van der Waals surface area contributed by atoms with E-state index in [0.717, 1.165) is 21.1 Å². The average Bonchev–Trinajstić information content (AvgIpc) is 3.09. The number of hydrogen-bond acceptors (Lipinski definition) is 6. The fourth-order valence-electron chi connectivity index (χ4n) is 2.65. The van der Waals surface area contributed by atoms with Crippen LogP contribution in [0.25, 0.3) is 10.6 Å². The van der Waals surface area contributed by atoms with Crippen LogP contribution < -0.4 is 10.6 Å². The number of anilines is 1. The summed E-state index contributed by atoms with van der Waals surface area (Å²) in [6.07, 6.45) is 0.529. The van der Waals surface area contributed by atoms with E-state index < -0.39 is 16.7 Å². The molecule has 0 unspecified atom stereocenters. The molecule has 0 aliphatic rings. The molecule has 0 aliphatic heterocycles. The second kappa shape index (κ2) is 9.07. The van der Waals surface area contributed by atoms with Crippen molar-refractivity contribution in [3.8, 4) is 10.6 Å². The lowest BCUT2D eigenvalue weighted by Gasteiger charge is -2.06. The van der Waals surface area contributed by atoms with Crippen molar-refractivity contribution in [2.24, 2.45) is 0 Å². The first-order valence-electron chi connectivity index (χ1n) is 8.80. The summed E-state index contributed by atoms with van der Waals surface area (Å²) in [4.78, 5) is 40.0. The normalized spacial score (nSPS) is 10.4. The number of nitro benzene ring substituents is 1. The summed E-state index contributed by atoms with van der Waals surface area (Å²) in [5, 5.41) is 16.7. The molecule has 2 N–H and O–H groups in total. The average molecular weight is 410 g/mol. The summed E-state index contributed by atoms with van der Waals surface area (Å²) in [7, 11) is 0. The molecule has 0 atom stereocenters. The standard InChI is InChI=1S/C20H18N4O4S/c1-13-17(29-20(22-13)14-7-3-2-4-8-14)11-12-21-18(25)19(26)23-15-9-5-6-10-16(15)24(27)28/h2-10H,11-12H2,1H3,(H,21,25)(H,23,26). The summed E-state index contributed by atoms with van der Waals surface area (Å²) in [5.41, 5.74) is 1.61. The van der Waals surface area contributed by atoms with Crippen LogP contribution in [0.1, 0.15) is 10.6 Å². The van der Waals surface area contributed by atoms with Gasteiger partial charge in [-0.05, 0) is 13.0 Å². The first kappa shape index (κ1) is 20.2. The van der Waals surface area contributed by atoms with Gasteiger partial charge in [0.15, 0.2) is 0 Å². The molecule has 0 aliphatic carbocycles. The monoisotopic (exact) mass is 410 g/mol. The van der Waals surface area contributed by atoms with Gasteiger partial charge in [0.25, 0.3) is 5.69 Å². The zero-order valence-corrected chi connectivity index (χ0v) is 16.4. The molecular weight excluding hydrogens is 392 g/mol. The summed E-state index contributed by atoms with van der Waals surface area (Å²) in [6.45, 7) is 2.15. The van der Waals surface area contributed by atoms with E-state index in [1.54, 1.807) is 11.3 Å². The van der Waals surface area contributed by atoms with Crippen LogP contribution in [-0.2, 0) is 16.0 Å². The molecule has 2 amide bonds. The Bertz CT molecular complexity index is 1050. The molecule has 148 valence electrons. The van der Waals surface area contributed by atoms with Crippen molar-refractivity contribution in [2.75, 3.05) is 11.9 Å². The molecule has 3 rings (SSSR count). The molecule has 1 aromatic heterocycles. The fourth-order valence-corrected chi connectivity index (χ4v) is 3.72. The molecule has 0 fully saturated rings. The fraction of sp³-hybridized carbons (Fsp3) is 0.150. The third kappa shape index (κ3) is 5.02. The number of nitrogens with zero attached hydrogens (tertiary/aromatic N) is 2. The molecule has 0 radical (unpaired) electrons. The Hall–Kier alpha value is -3.59. The van der Waals surface area contributed by atoms with E-state index in [-0.39, 0.29) is 17.9 Å². The highest BCUT2D eigenvalue weighted by molar-refractivity contribution is 7.15. The number of thiazole rings is 1. The molecule has 2 aromatic carbocycles. The number of aryl methyl sites for hydroxylation is 1. The number of hydrogen-bond donors (Lipinski definition) is 2. The van der Waals surface area contributed by atoms with E-state index in [0.29, 0.717) is 6.42 Å². The highest BCUT2D eigenvalue weighted by Crippen LogP contribution is 2.28. The maximum absolute atomic E-state index is 12.0. The minimum absolute atomic E-state index is 0.0246. The molecule has 0 saturated heterocycles. The highest BCUT2D eigenvalue weighted by atomic mass is 32.1. The van der Waals surface area contributed by atoms with E-state index in [1.165, 1.54) is 24.3 Å².